The van der Waals surface area contributed by atoms with Gasteiger partial charge in [0.2, 0.25) is 0 Å². The lowest BCUT2D eigenvalue weighted by atomic mass is 9.65. The van der Waals surface area contributed by atoms with Crippen LogP contribution in [0.15, 0.2) is 118 Å². The van der Waals surface area contributed by atoms with Crippen molar-refractivity contribution in [1.82, 2.24) is 9.97 Å². The van der Waals surface area contributed by atoms with Crippen LogP contribution in [0.3, 0.4) is 0 Å². The number of rotatable bonds is 3. The molecule has 2 aromatic heterocycles. The van der Waals surface area contributed by atoms with Crippen molar-refractivity contribution in [3.63, 3.8) is 0 Å². The minimum absolute atomic E-state index is 0.458. The average Bonchev–Trinajstić information content (AvgIpc) is 2.92. The third-order valence-corrected chi connectivity index (χ3v) is 7.67. The molecule has 176 valence electrons. The Morgan fingerprint density at radius 2 is 0.972 bits per heavy atom. The quantitative estimate of drug-likeness (QED) is 0.231. The SMILES string of the molecule is OC1(c2cccc(Br)n2)c2ccccc2C(O)(c2cccc(Br)n2)c2cc(-c3ccccc3)ccc21. The van der Waals surface area contributed by atoms with E-state index in [1.807, 2.05) is 103 Å². The number of aliphatic hydroxyl groups is 2. The summed E-state index contributed by atoms with van der Waals surface area (Å²) >= 11 is 6.92. The summed E-state index contributed by atoms with van der Waals surface area (Å²) in [5.74, 6) is 0. The highest BCUT2D eigenvalue weighted by molar-refractivity contribution is 9.10. The summed E-state index contributed by atoms with van der Waals surface area (Å²) in [6.07, 6.45) is 0. The van der Waals surface area contributed by atoms with Crippen LogP contribution in [0, 0.1) is 0 Å². The third kappa shape index (κ3) is 3.48. The van der Waals surface area contributed by atoms with Gasteiger partial charge in [-0.1, -0.05) is 78.9 Å². The lowest BCUT2D eigenvalue weighted by molar-refractivity contribution is 0.0700. The van der Waals surface area contributed by atoms with E-state index < -0.39 is 11.2 Å². The Morgan fingerprint density at radius 1 is 0.472 bits per heavy atom. The molecule has 5 aromatic rings. The van der Waals surface area contributed by atoms with E-state index >= 15 is 0 Å². The summed E-state index contributed by atoms with van der Waals surface area (Å²) in [6.45, 7) is 0. The van der Waals surface area contributed by atoms with Crippen molar-refractivity contribution in [1.29, 1.82) is 0 Å². The minimum atomic E-state index is -1.61. The Bertz CT molecular complexity index is 1610. The van der Waals surface area contributed by atoms with Crippen molar-refractivity contribution >= 4 is 31.9 Å². The Balaban J connectivity index is 1.73. The van der Waals surface area contributed by atoms with Crippen LogP contribution in [0.1, 0.15) is 33.6 Å². The molecule has 0 radical (unpaired) electrons. The van der Waals surface area contributed by atoms with Crippen LogP contribution in [-0.2, 0) is 11.2 Å². The number of hydrogen-bond acceptors (Lipinski definition) is 4. The first kappa shape index (κ1) is 23.3. The van der Waals surface area contributed by atoms with E-state index in [-0.39, 0.29) is 0 Å². The van der Waals surface area contributed by atoms with Crippen LogP contribution < -0.4 is 0 Å². The maximum atomic E-state index is 12.7. The predicted molar refractivity (Wildman–Crippen MR) is 146 cm³/mol. The highest BCUT2D eigenvalue weighted by Gasteiger charge is 2.52. The van der Waals surface area contributed by atoms with Gasteiger partial charge in [-0.05, 0) is 73.3 Å². The van der Waals surface area contributed by atoms with E-state index in [9.17, 15) is 10.2 Å². The Kier molecular flexibility index (Phi) is 5.65. The second-order valence-electron chi connectivity index (χ2n) is 8.78. The van der Waals surface area contributed by atoms with E-state index in [1.54, 1.807) is 6.07 Å². The highest BCUT2D eigenvalue weighted by Crippen LogP contribution is 2.53. The molecule has 0 aliphatic heterocycles. The molecular weight excluding hydrogens is 580 g/mol. The van der Waals surface area contributed by atoms with Gasteiger partial charge in [-0.25, -0.2) is 9.97 Å². The van der Waals surface area contributed by atoms with Crippen LogP contribution in [0.25, 0.3) is 11.1 Å². The molecule has 0 bridgehead atoms. The molecule has 2 unspecified atom stereocenters. The first-order chi connectivity index (χ1) is 17.4. The maximum absolute atomic E-state index is 12.7. The Labute approximate surface area is 225 Å². The molecule has 4 nitrogen and oxygen atoms in total. The van der Waals surface area contributed by atoms with Crippen LogP contribution in [0.5, 0.6) is 0 Å². The molecular formula is C30H20Br2N2O2. The number of fused-ring (bicyclic) bond motifs is 2. The molecule has 2 heterocycles. The number of aromatic nitrogens is 2. The summed E-state index contributed by atoms with van der Waals surface area (Å²) in [5.41, 5.74) is 1.86. The summed E-state index contributed by atoms with van der Waals surface area (Å²) in [5, 5.41) is 25.2. The molecule has 2 atom stereocenters. The average molecular weight is 600 g/mol. The van der Waals surface area contributed by atoms with E-state index in [4.69, 9.17) is 0 Å². The molecule has 0 amide bonds. The Hall–Kier alpha value is -3.16. The van der Waals surface area contributed by atoms with Gasteiger partial charge in [0.15, 0.2) is 11.2 Å². The molecule has 3 aromatic carbocycles. The van der Waals surface area contributed by atoms with Gasteiger partial charge in [-0.15, -0.1) is 0 Å². The first-order valence-electron chi connectivity index (χ1n) is 11.4. The van der Waals surface area contributed by atoms with Crippen LogP contribution in [0.2, 0.25) is 0 Å². The fraction of sp³-hybridized carbons (Fsp3) is 0.0667. The van der Waals surface area contributed by atoms with Gasteiger partial charge in [0, 0.05) is 22.3 Å². The van der Waals surface area contributed by atoms with Crippen molar-refractivity contribution in [3.05, 3.63) is 152 Å². The summed E-state index contributed by atoms with van der Waals surface area (Å²) in [4.78, 5) is 9.31. The van der Waals surface area contributed by atoms with E-state index in [1.165, 1.54) is 0 Å². The monoisotopic (exact) mass is 598 g/mol. The normalized spacial score (nSPS) is 20.4. The molecule has 1 aliphatic rings. The molecule has 1 aliphatic carbocycles. The molecule has 36 heavy (non-hydrogen) atoms. The molecule has 0 fully saturated rings. The molecule has 6 rings (SSSR count). The maximum Gasteiger partial charge on any atom is 0.158 e. The van der Waals surface area contributed by atoms with Crippen LogP contribution in [0.4, 0.5) is 0 Å². The van der Waals surface area contributed by atoms with Gasteiger partial charge in [0.25, 0.3) is 0 Å². The topological polar surface area (TPSA) is 66.2 Å². The third-order valence-electron chi connectivity index (χ3n) is 6.78. The zero-order valence-corrected chi connectivity index (χ0v) is 22.1. The van der Waals surface area contributed by atoms with E-state index in [0.29, 0.717) is 42.8 Å². The van der Waals surface area contributed by atoms with Gasteiger partial charge < -0.3 is 10.2 Å². The second kappa shape index (κ2) is 8.75. The van der Waals surface area contributed by atoms with E-state index in [2.05, 4.69) is 41.8 Å². The smallest absolute Gasteiger partial charge is 0.158 e. The zero-order chi connectivity index (χ0) is 24.9. The number of benzene rings is 3. The van der Waals surface area contributed by atoms with Crippen molar-refractivity contribution in [2.45, 2.75) is 11.2 Å². The summed E-state index contributed by atoms with van der Waals surface area (Å²) in [7, 11) is 0. The fourth-order valence-corrected chi connectivity index (χ4v) is 5.83. The van der Waals surface area contributed by atoms with Crippen molar-refractivity contribution in [3.8, 4) is 11.1 Å². The largest absolute Gasteiger partial charge is 0.374 e. The number of nitrogens with zero attached hydrogens (tertiary/aromatic N) is 2. The van der Waals surface area contributed by atoms with Gasteiger partial charge in [-0.2, -0.15) is 0 Å². The van der Waals surface area contributed by atoms with Crippen LogP contribution in [-0.4, -0.2) is 20.2 Å². The van der Waals surface area contributed by atoms with Gasteiger partial charge >= 0.3 is 0 Å². The number of hydrogen-bond donors (Lipinski definition) is 2. The molecule has 6 heteroatoms. The standard InChI is InChI=1S/C30H20Br2N2O2/c31-27-14-6-12-25(33-27)29(35)21-10-4-5-11-22(21)30(36,26-13-7-15-28(32)34-26)24-18-20(16-17-23(24)29)19-8-2-1-3-9-19/h1-18,35-36H. The van der Waals surface area contributed by atoms with Gasteiger partial charge in [-0.3, -0.25) is 0 Å². The zero-order valence-electron chi connectivity index (χ0n) is 18.9. The lowest BCUT2D eigenvalue weighted by Gasteiger charge is -2.44. The first-order valence-corrected chi connectivity index (χ1v) is 13.0. The molecule has 0 spiro atoms. The second-order valence-corrected chi connectivity index (χ2v) is 10.4. The van der Waals surface area contributed by atoms with Gasteiger partial charge in [0.1, 0.15) is 9.21 Å². The number of pyridine rings is 2. The summed E-state index contributed by atoms with van der Waals surface area (Å²) in [6, 6.07) is 34.2. The van der Waals surface area contributed by atoms with Crippen molar-refractivity contribution < 1.29 is 10.2 Å². The van der Waals surface area contributed by atoms with Crippen molar-refractivity contribution in [2.75, 3.05) is 0 Å². The fourth-order valence-electron chi connectivity index (χ4n) is 5.14. The van der Waals surface area contributed by atoms with E-state index in [0.717, 1.165) is 11.1 Å². The summed E-state index contributed by atoms with van der Waals surface area (Å²) < 4.78 is 1.23. The van der Waals surface area contributed by atoms with Crippen molar-refractivity contribution in [2.24, 2.45) is 0 Å². The molecule has 2 N–H and O–H groups in total. The predicted octanol–water partition coefficient (Wildman–Crippen LogP) is 6.55. The van der Waals surface area contributed by atoms with Gasteiger partial charge in [0.05, 0.1) is 11.4 Å². The van der Waals surface area contributed by atoms with Crippen LogP contribution >= 0.6 is 31.9 Å². The molecule has 0 saturated heterocycles. The molecule has 0 saturated carbocycles. The number of halogens is 2. The Morgan fingerprint density at radius 3 is 1.53 bits per heavy atom. The highest BCUT2D eigenvalue weighted by atomic mass is 79.9. The lowest BCUT2D eigenvalue weighted by Crippen LogP contribution is -2.45. The minimum Gasteiger partial charge on any atom is -0.374 e.